The molecule has 1 fully saturated rings. The Morgan fingerprint density at radius 3 is 2.55 bits per heavy atom. The lowest BCUT2D eigenvalue weighted by Crippen LogP contribution is -2.37. The lowest BCUT2D eigenvalue weighted by molar-refractivity contribution is -0.149. The van der Waals surface area contributed by atoms with Crippen LogP contribution in [-0.4, -0.2) is 41.8 Å². The van der Waals surface area contributed by atoms with Gasteiger partial charge in [-0.25, -0.2) is 4.79 Å². The molecule has 0 aromatic rings. The van der Waals surface area contributed by atoms with E-state index < -0.39 is 12.1 Å². The molecule has 6 heteroatoms. The summed E-state index contributed by atoms with van der Waals surface area (Å²) in [5.74, 6) is -1.05. The Bertz CT molecular complexity index is 352. The molecule has 3 unspecified atom stereocenters. The molecule has 0 radical (unpaired) electrons. The van der Waals surface area contributed by atoms with E-state index in [4.69, 9.17) is 15.6 Å². The van der Waals surface area contributed by atoms with Crippen LogP contribution in [0.25, 0.3) is 0 Å². The van der Waals surface area contributed by atoms with Gasteiger partial charge in [-0.15, -0.1) is 0 Å². The first-order chi connectivity index (χ1) is 9.17. The minimum Gasteiger partial charge on any atom is -0.479 e. The summed E-state index contributed by atoms with van der Waals surface area (Å²) in [5.41, 5.74) is 6.04. The Labute approximate surface area is 120 Å². The van der Waals surface area contributed by atoms with Gasteiger partial charge in [0, 0.05) is 19.0 Å². The predicted octanol–water partition coefficient (Wildman–Crippen LogP) is 0.888. The zero-order valence-corrected chi connectivity index (χ0v) is 12.5. The number of hydrogen-bond acceptors (Lipinski definition) is 4. The minimum atomic E-state index is -0.939. The van der Waals surface area contributed by atoms with Crippen LogP contribution in [0.15, 0.2) is 0 Å². The highest BCUT2D eigenvalue weighted by atomic mass is 16.5. The molecule has 3 atom stereocenters. The Hall–Kier alpha value is -1.14. The van der Waals surface area contributed by atoms with E-state index in [9.17, 15) is 9.59 Å². The van der Waals surface area contributed by atoms with Gasteiger partial charge in [0.25, 0.3) is 0 Å². The van der Waals surface area contributed by atoms with Gasteiger partial charge in [0.1, 0.15) is 0 Å². The molecule has 0 spiro atoms. The van der Waals surface area contributed by atoms with E-state index in [0.29, 0.717) is 19.4 Å². The summed E-state index contributed by atoms with van der Waals surface area (Å²) in [6.45, 7) is 6.61. The largest absolute Gasteiger partial charge is 0.479 e. The Kier molecular flexibility index (Phi) is 5.95. The van der Waals surface area contributed by atoms with Crippen molar-refractivity contribution in [2.75, 3.05) is 6.54 Å². The van der Waals surface area contributed by atoms with E-state index in [2.05, 4.69) is 26.1 Å². The molecule has 1 aliphatic rings. The second-order valence-corrected chi connectivity index (χ2v) is 6.70. The number of carbonyl (C=O) groups excluding carboxylic acids is 1. The van der Waals surface area contributed by atoms with Crippen LogP contribution in [0.2, 0.25) is 0 Å². The zero-order chi connectivity index (χ0) is 15.3. The molecule has 4 N–H and O–H groups in total. The first-order valence-electron chi connectivity index (χ1n) is 7.08. The summed E-state index contributed by atoms with van der Waals surface area (Å²) in [5, 5.41) is 11.6. The number of carboxylic acid groups (broad SMARTS) is 1. The van der Waals surface area contributed by atoms with Gasteiger partial charge in [-0.2, -0.15) is 0 Å². The molecule has 116 valence electrons. The summed E-state index contributed by atoms with van der Waals surface area (Å²) in [7, 11) is 0. The van der Waals surface area contributed by atoms with Gasteiger partial charge in [0.05, 0.1) is 6.10 Å². The molecular formula is C14H26N2O4. The summed E-state index contributed by atoms with van der Waals surface area (Å²) >= 11 is 0. The second kappa shape index (κ2) is 7.04. The third-order valence-electron chi connectivity index (χ3n) is 3.23. The molecule has 20 heavy (non-hydrogen) atoms. The average Bonchev–Trinajstić information content (AvgIpc) is 2.72. The molecule has 0 aromatic heterocycles. The van der Waals surface area contributed by atoms with Gasteiger partial charge in [0.2, 0.25) is 5.91 Å². The highest BCUT2D eigenvalue weighted by Gasteiger charge is 2.30. The number of aliphatic carboxylic acids is 1. The molecule has 0 saturated carbocycles. The van der Waals surface area contributed by atoms with Crippen LogP contribution in [-0.2, 0) is 14.3 Å². The Balaban J connectivity index is 2.22. The van der Waals surface area contributed by atoms with Crippen molar-refractivity contribution in [3.8, 4) is 0 Å². The highest BCUT2D eigenvalue weighted by Crippen LogP contribution is 2.21. The molecule has 0 aliphatic carbocycles. The predicted molar refractivity (Wildman–Crippen MR) is 75.2 cm³/mol. The van der Waals surface area contributed by atoms with E-state index in [0.717, 1.165) is 6.42 Å². The van der Waals surface area contributed by atoms with Crippen LogP contribution in [0.4, 0.5) is 0 Å². The lowest BCUT2D eigenvalue weighted by atomic mass is 9.87. The SMILES string of the molecule is CC(C)(C)CC(N)CC(=O)NCC1CCC(C(=O)O)O1. The summed E-state index contributed by atoms with van der Waals surface area (Å²) in [6.07, 6.45) is 1.28. The standard InChI is InChI=1S/C14H26N2O4/c1-14(2,3)7-9(15)6-12(17)16-8-10-4-5-11(20-10)13(18)19/h9-11H,4-8,15H2,1-3H3,(H,16,17)(H,18,19). The monoisotopic (exact) mass is 286 g/mol. The molecule has 0 aromatic carbocycles. The van der Waals surface area contributed by atoms with E-state index >= 15 is 0 Å². The molecule has 6 nitrogen and oxygen atoms in total. The van der Waals surface area contributed by atoms with Crippen molar-refractivity contribution < 1.29 is 19.4 Å². The summed E-state index contributed by atoms with van der Waals surface area (Å²) in [6, 6.07) is -0.161. The molecule has 1 heterocycles. The van der Waals surface area contributed by atoms with Crippen LogP contribution in [0.3, 0.4) is 0 Å². The first-order valence-corrected chi connectivity index (χ1v) is 7.08. The number of amides is 1. The molecule has 1 rings (SSSR count). The Morgan fingerprint density at radius 1 is 1.40 bits per heavy atom. The van der Waals surface area contributed by atoms with Crippen LogP contribution < -0.4 is 11.1 Å². The minimum absolute atomic E-state index is 0.100. The van der Waals surface area contributed by atoms with E-state index in [1.165, 1.54) is 0 Å². The van der Waals surface area contributed by atoms with Gasteiger partial charge in [-0.1, -0.05) is 20.8 Å². The number of nitrogens with two attached hydrogens (primary N) is 1. The number of hydrogen-bond donors (Lipinski definition) is 3. The van der Waals surface area contributed by atoms with Gasteiger partial charge in [0.15, 0.2) is 6.10 Å². The van der Waals surface area contributed by atoms with Crippen LogP contribution in [0, 0.1) is 5.41 Å². The maximum absolute atomic E-state index is 11.7. The molecular weight excluding hydrogens is 260 g/mol. The highest BCUT2D eigenvalue weighted by molar-refractivity contribution is 5.76. The number of rotatable bonds is 6. The van der Waals surface area contributed by atoms with Crippen molar-refractivity contribution in [2.45, 2.75) is 64.7 Å². The van der Waals surface area contributed by atoms with Crippen molar-refractivity contribution in [1.82, 2.24) is 5.32 Å². The van der Waals surface area contributed by atoms with Crippen LogP contribution in [0.1, 0.15) is 46.5 Å². The van der Waals surface area contributed by atoms with Gasteiger partial charge >= 0.3 is 5.97 Å². The average molecular weight is 286 g/mol. The maximum atomic E-state index is 11.7. The van der Waals surface area contributed by atoms with Crippen molar-refractivity contribution >= 4 is 11.9 Å². The third-order valence-corrected chi connectivity index (χ3v) is 3.23. The van der Waals surface area contributed by atoms with Crippen molar-refractivity contribution in [3.63, 3.8) is 0 Å². The molecule has 1 aliphatic heterocycles. The Morgan fingerprint density at radius 2 is 2.05 bits per heavy atom. The fourth-order valence-corrected chi connectivity index (χ4v) is 2.43. The number of carbonyl (C=O) groups is 2. The summed E-state index contributed by atoms with van der Waals surface area (Å²) < 4.78 is 5.31. The summed E-state index contributed by atoms with van der Waals surface area (Å²) in [4.78, 5) is 22.5. The van der Waals surface area contributed by atoms with Crippen molar-refractivity contribution in [1.29, 1.82) is 0 Å². The quantitative estimate of drug-likeness (QED) is 0.673. The topological polar surface area (TPSA) is 102 Å². The van der Waals surface area contributed by atoms with Gasteiger partial charge in [-0.3, -0.25) is 4.79 Å². The smallest absolute Gasteiger partial charge is 0.332 e. The fourth-order valence-electron chi connectivity index (χ4n) is 2.43. The third kappa shape index (κ3) is 6.34. The maximum Gasteiger partial charge on any atom is 0.332 e. The molecule has 1 amide bonds. The van der Waals surface area contributed by atoms with Crippen molar-refractivity contribution in [3.05, 3.63) is 0 Å². The number of ether oxygens (including phenoxy) is 1. The van der Waals surface area contributed by atoms with Crippen LogP contribution >= 0.6 is 0 Å². The van der Waals surface area contributed by atoms with Crippen molar-refractivity contribution in [2.24, 2.45) is 11.1 Å². The van der Waals surface area contributed by atoms with E-state index in [-0.39, 0.29) is 29.9 Å². The van der Waals surface area contributed by atoms with E-state index in [1.807, 2.05) is 0 Å². The normalized spacial score (nSPS) is 24.4. The molecule has 1 saturated heterocycles. The van der Waals surface area contributed by atoms with E-state index in [1.54, 1.807) is 0 Å². The fraction of sp³-hybridized carbons (Fsp3) is 0.857. The zero-order valence-electron chi connectivity index (χ0n) is 12.5. The number of carboxylic acids is 1. The first kappa shape index (κ1) is 16.9. The molecule has 0 bridgehead atoms. The van der Waals surface area contributed by atoms with Gasteiger partial charge < -0.3 is 20.9 Å². The second-order valence-electron chi connectivity index (χ2n) is 6.70. The van der Waals surface area contributed by atoms with Gasteiger partial charge in [-0.05, 0) is 24.7 Å². The lowest BCUT2D eigenvalue weighted by Gasteiger charge is -2.23. The number of nitrogens with one attached hydrogen (secondary N) is 1. The van der Waals surface area contributed by atoms with Crippen LogP contribution in [0.5, 0.6) is 0 Å².